The molecular weight excluding hydrogens is 363 g/mol. The van der Waals surface area contributed by atoms with E-state index in [4.69, 9.17) is 11.6 Å². The van der Waals surface area contributed by atoms with Crippen LogP contribution in [-0.2, 0) is 0 Å². The van der Waals surface area contributed by atoms with Gasteiger partial charge >= 0.3 is 0 Å². The van der Waals surface area contributed by atoms with E-state index in [1.54, 1.807) is 18.2 Å². The lowest BCUT2D eigenvalue weighted by Gasteiger charge is -2.28. The molecule has 1 amide bonds. The van der Waals surface area contributed by atoms with Crippen molar-refractivity contribution in [2.45, 2.75) is 25.8 Å². The molecule has 112 valence electrons. The quantitative estimate of drug-likeness (QED) is 0.861. The smallest absolute Gasteiger partial charge is 0.255 e. The first-order valence-corrected chi connectivity index (χ1v) is 7.77. The van der Waals surface area contributed by atoms with Crippen molar-refractivity contribution in [3.63, 3.8) is 0 Å². The highest BCUT2D eigenvalue weighted by atomic mass is 79.9. The Bertz CT molecular complexity index is 464. The Hall–Kier alpha value is -0.290. The minimum atomic E-state index is 0. The zero-order valence-corrected chi connectivity index (χ0v) is 14.5. The van der Waals surface area contributed by atoms with Crippen LogP contribution in [0.25, 0.3) is 0 Å². The van der Waals surface area contributed by atoms with Crippen LogP contribution in [0, 0.1) is 0 Å². The molecule has 0 bridgehead atoms. The maximum absolute atomic E-state index is 12.7. The van der Waals surface area contributed by atoms with Crippen LogP contribution in [-0.4, -0.2) is 36.5 Å². The van der Waals surface area contributed by atoms with Crippen molar-refractivity contribution < 1.29 is 4.79 Å². The summed E-state index contributed by atoms with van der Waals surface area (Å²) >= 11 is 9.35. The maximum Gasteiger partial charge on any atom is 0.255 e. The van der Waals surface area contributed by atoms with Crippen LogP contribution in [0.3, 0.4) is 0 Å². The molecule has 1 N–H and O–H groups in total. The molecular formula is C14H19BrCl2N2O. The van der Waals surface area contributed by atoms with Gasteiger partial charge in [-0.2, -0.15) is 0 Å². The van der Waals surface area contributed by atoms with Crippen LogP contribution in [0.5, 0.6) is 0 Å². The fraction of sp³-hybridized carbons (Fsp3) is 0.500. The van der Waals surface area contributed by atoms with E-state index < -0.39 is 0 Å². The molecule has 1 aromatic rings. The van der Waals surface area contributed by atoms with Crippen LogP contribution in [0.15, 0.2) is 22.7 Å². The largest absolute Gasteiger partial charge is 0.334 e. The summed E-state index contributed by atoms with van der Waals surface area (Å²) in [5.41, 5.74) is 0.685. The third-order valence-electron chi connectivity index (χ3n) is 3.36. The molecule has 1 saturated heterocycles. The van der Waals surface area contributed by atoms with Gasteiger partial charge in [-0.05, 0) is 53.5 Å². The number of rotatable bonds is 4. The van der Waals surface area contributed by atoms with Gasteiger partial charge in [-0.15, -0.1) is 12.4 Å². The second-order valence-electron chi connectivity index (χ2n) is 4.77. The Morgan fingerprint density at radius 3 is 2.85 bits per heavy atom. The van der Waals surface area contributed by atoms with Gasteiger partial charge < -0.3 is 10.2 Å². The van der Waals surface area contributed by atoms with Crippen LogP contribution in [0.1, 0.15) is 30.1 Å². The molecule has 0 spiro atoms. The Morgan fingerprint density at radius 1 is 1.55 bits per heavy atom. The predicted molar refractivity (Wildman–Crippen MR) is 89.0 cm³/mol. The number of carbonyl (C=O) groups excluding carboxylic acids is 1. The van der Waals surface area contributed by atoms with Gasteiger partial charge in [-0.25, -0.2) is 0 Å². The Morgan fingerprint density at radius 2 is 2.30 bits per heavy atom. The number of nitrogens with one attached hydrogen (secondary N) is 1. The van der Waals surface area contributed by atoms with E-state index in [1.165, 1.54) is 0 Å². The van der Waals surface area contributed by atoms with Crippen LogP contribution in [0.4, 0.5) is 0 Å². The normalized spacial score (nSPS) is 17.6. The molecule has 0 saturated carbocycles. The number of nitrogens with zero attached hydrogens (tertiary/aromatic N) is 1. The molecule has 0 radical (unpaired) electrons. The first-order chi connectivity index (χ1) is 9.13. The lowest BCUT2D eigenvalue weighted by molar-refractivity contribution is 0.0691. The van der Waals surface area contributed by atoms with Crippen molar-refractivity contribution in [2.24, 2.45) is 0 Å². The Labute approximate surface area is 139 Å². The fourth-order valence-electron chi connectivity index (χ4n) is 2.41. The van der Waals surface area contributed by atoms with Gasteiger partial charge in [0, 0.05) is 28.6 Å². The summed E-state index contributed by atoms with van der Waals surface area (Å²) in [4.78, 5) is 14.7. The van der Waals surface area contributed by atoms with Crippen molar-refractivity contribution in [1.82, 2.24) is 10.2 Å². The molecule has 0 aromatic heterocycles. The highest BCUT2D eigenvalue weighted by Crippen LogP contribution is 2.24. The SMILES string of the molecule is CCCN(C(=O)c1ccc(Cl)cc1Br)C1CCNC1.Cl. The van der Waals surface area contributed by atoms with E-state index in [2.05, 4.69) is 28.2 Å². The second kappa shape index (κ2) is 8.23. The summed E-state index contributed by atoms with van der Waals surface area (Å²) in [7, 11) is 0. The number of benzene rings is 1. The standard InChI is InChI=1S/C14H18BrClN2O.ClH/c1-2-7-18(11-5-6-17-9-11)14(19)12-4-3-10(16)8-13(12)15;/h3-4,8,11,17H,2,5-7,9H2,1H3;1H. The number of carbonyl (C=O) groups is 1. The van der Waals surface area contributed by atoms with Gasteiger partial charge in [0.25, 0.3) is 5.91 Å². The Balaban J connectivity index is 0.00000200. The van der Waals surface area contributed by atoms with E-state index in [0.29, 0.717) is 16.6 Å². The fourth-order valence-corrected chi connectivity index (χ4v) is 3.27. The molecule has 1 atom stereocenters. The number of amides is 1. The van der Waals surface area contributed by atoms with Crippen LogP contribution in [0.2, 0.25) is 5.02 Å². The Kier molecular flexibility index (Phi) is 7.30. The third kappa shape index (κ3) is 4.10. The van der Waals surface area contributed by atoms with Gasteiger partial charge in [-0.1, -0.05) is 18.5 Å². The highest BCUT2D eigenvalue weighted by Gasteiger charge is 2.27. The molecule has 1 aliphatic heterocycles. The van der Waals surface area contributed by atoms with Gasteiger partial charge in [0.1, 0.15) is 0 Å². The zero-order chi connectivity index (χ0) is 13.8. The molecule has 1 fully saturated rings. The van der Waals surface area contributed by atoms with Crippen molar-refractivity contribution in [1.29, 1.82) is 0 Å². The second-order valence-corrected chi connectivity index (χ2v) is 6.06. The first-order valence-electron chi connectivity index (χ1n) is 6.60. The zero-order valence-electron chi connectivity index (χ0n) is 11.4. The third-order valence-corrected chi connectivity index (χ3v) is 4.25. The van der Waals surface area contributed by atoms with E-state index >= 15 is 0 Å². The maximum atomic E-state index is 12.7. The molecule has 2 rings (SSSR count). The predicted octanol–water partition coefficient (Wildman–Crippen LogP) is 3.74. The average Bonchev–Trinajstić information content (AvgIpc) is 2.89. The lowest BCUT2D eigenvalue weighted by Crippen LogP contribution is -2.42. The number of hydrogen-bond acceptors (Lipinski definition) is 2. The average molecular weight is 382 g/mol. The van der Waals surface area contributed by atoms with E-state index in [9.17, 15) is 4.79 Å². The van der Waals surface area contributed by atoms with Gasteiger partial charge in [-0.3, -0.25) is 4.79 Å². The highest BCUT2D eigenvalue weighted by molar-refractivity contribution is 9.10. The van der Waals surface area contributed by atoms with Crippen molar-refractivity contribution in [2.75, 3.05) is 19.6 Å². The molecule has 1 aromatic carbocycles. The number of halogens is 3. The van der Waals surface area contributed by atoms with E-state index in [0.717, 1.165) is 36.9 Å². The summed E-state index contributed by atoms with van der Waals surface area (Å²) in [5.74, 6) is 0.0825. The van der Waals surface area contributed by atoms with Crippen molar-refractivity contribution in [3.05, 3.63) is 33.3 Å². The summed E-state index contributed by atoms with van der Waals surface area (Å²) < 4.78 is 0.761. The van der Waals surface area contributed by atoms with Crippen molar-refractivity contribution in [3.8, 4) is 0 Å². The minimum Gasteiger partial charge on any atom is -0.334 e. The van der Waals surface area contributed by atoms with E-state index in [-0.39, 0.29) is 18.3 Å². The van der Waals surface area contributed by atoms with Gasteiger partial charge in [0.2, 0.25) is 0 Å². The monoisotopic (exact) mass is 380 g/mol. The molecule has 1 unspecified atom stereocenters. The summed E-state index contributed by atoms with van der Waals surface area (Å²) in [6.07, 6.45) is 1.99. The molecule has 1 heterocycles. The lowest BCUT2D eigenvalue weighted by atomic mass is 10.1. The topological polar surface area (TPSA) is 32.3 Å². The first kappa shape index (κ1) is 17.8. The molecule has 0 aliphatic carbocycles. The van der Waals surface area contributed by atoms with Gasteiger partial charge in [0.05, 0.1) is 5.56 Å². The molecule has 1 aliphatic rings. The van der Waals surface area contributed by atoms with Crippen LogP contribution < -0.4 is 5.32 Å². The minimum absolute atomic E-state index is 0. The number of hydrogen-bond donors (Lipinski definition) is 1. The molecule has 3 nitrogen and oxygen atoms in total. The molecule has 20 heavy (non-hydrogen) atoms. The summed E-state index contributed by atoms with van der Waals surface area (Å²) in [6.45, 7) is 4.76. The van der Waals surface area contributed by atoms with Crippen LogP contribution >= 0.6 is 39.9 Å². The summed E-state index contributed by atoms with van der Waals surface area (Å²) in [6, 6.07) is 5.62. The van der Waals surface area contributed by atoms with Gasteiger partial charge in [0.15, 0.2) is 0 Å². The molecule has 6 heteroatoms. The van der Waals surface area contributed by atoms with E-state index in [1.807, 2.05) is 4.90 Å². The summed E-state index contributed by atoms with van der Waals surface area (Å²) in [5, 5.41) is 3.95. The van der Waals surface area contributed by atoms with Crippen molar-refractivity contribution >= 4 is 45.8 Å².